The molecule has 0 aliphatic rings. The van der Waals surface area contributed by atoms with Gasteiger partial charge in [-0.05, 0) is 37.9 Å². The number of hydrogen-bond acceptors (Lipinski definition) is 2. The van der Waals surface area contributed by atoms with Crippen molar-refractivity contribution in [3.05, 3.63) is 20.8 Å². The van der Waals surface area contributed by atoms with Crippen molar-refractivity contribution in [2.75, 3.05) is 0 Å². The second-order valence-electron chi connectivity index (χ2n) is 1.98. The minimum Gasteiger partial charge on any atom is -0.505 e. The lowest BCUT2D eigenvalue weighted by Crippen LogP contribution is -1.90. The largest absolute Gasteiger partial charge is 0.505 e. The molecular formula is C6H3Br2F2NO. The van der Waals surface area contributed by atoms with E-state index in [0.29, 0.717) is 0 Å². The van der Waals surface area contributed by atoms with Gasteiger partial charge in [-0.15, -0.1) is 0 Å². The van der Waals surface area contributed by atoms with Crippen LogP contribution in [-0.4, -0.2) is 10.1 Å². The second kappa shape index (κ2) is 3.66. The van der Waals surface area contributed by atoms with Crippen molar-refractivity contribution in [3.63, 3.8) is 0 Å². The highest BCUT2D eigenvalue weighted by atomic mass is 79.9. The van der Waals surface area contributed by atoms with Gasteiger partial charge in [-0.3, -0.25) is 0 Å². The van der Waals surface area contributed by atoms with Crippen molar-refractivity contribution in [2.45, 2.75) is 6.43 Å². The molecule has 1 rings (SSSR count). The normalized spacial score (nSPS) is 10.8. The maximum absolute atomic E-state index is 12.1. The summed E-state index contributed by atoms with van der Waals surface area (Å²) >= 11 is 5.74. The van der Waals surface area contributed by atoms with Crippen LogP contribution >= 0.6 is 31.9 Å². The zero-order chi connectivity index (χ0) is 9.30. The Labute approximate surface area is 83.9 Å². The molecular weight excluding hydrogens is 300 g/mol. The minimum absolute atomic E-state index is 0.0298. The Morgan fingerprint density at radius 1 is 1.33 bits per heavy atom. The number of nitrogens with zero attached hydrogens (tertiary/aromatic N) is 1. The Kier molecular flexibility index (Phi) is 3.00. The van der Waals surface area contributed by atoms with Gasteiger partial charge in [-0.25, -0.2) is 13.8 Å². The van der Waals surface area contributed by atoms with Gasteiger partial charge < -0.3 is 5.11 Å². The molecule has 0 amide bonds. The molecule has 1 N–H and O–H groups in total. The highest BCUT2D eigenvalue weighted by Crippen LogP contribution is 2.32. The summed E-state index contributed by atoms with van der Waals surface area (Å²) in [6.07, 6.45) is -2.65. The topological polar surface area (TPSA) is 33.1 Å². The van der Waals surface area contributed by atoms with Crippen molar-refractivity contribution < 1.29 is 13.9 Å². The van der Waals surface area contributed by atoms with Gasteiger partial charge in [-0.2, -0.15) is 0 Å². The van der Waals surface area contributed by atoms with E-state index >= 15 is 0 Å². The van der Waals surface area contributed by atoms with E-state index in [9.17, 15) is 8.78 Å². The van der Waals surface area contributed by atoms with Gasteiger partial charge in [-0.1, -0.05) is 0 Å². The molecule has 0 saturated heterocycles. The van der Waals surface area contributed by atoms with E-state index in [1.54, 1.807) is 0 Å². The summed E-state index contributed by atoms with van der Waals surface area (Å²) in [6.45, 7) is 0. The lowest BCUT2D eigenvalue weighted by Gasteiger charge is -2.03. The van der Waals surface area contributed by atoms with Crippen LogP contribution in [0.1, 0.15) is 12.0 Å². The third-order valence-corrected chi connectivity index (χ3v) is 2.39. The standard InChI is InChI=1S/C6H3Br2F2NO/c7-4-2(6(9)10)1-3(12)5(8)11-4/h1,6,12H. The van der Waals surface area contributed by atoms with Crippen LogP contribution in [0.25, 0.3) is 0 Å². The first kappa shape index (κ1) is 9.85. The summed E-state index contributed by atoms with van der Waals surface area (Å²) in [5.41, 5.74) is -0.323. The van der Waals surface area contributed by atoms with E-state index < -0.39 is 6.43 Å². The number of aromatic hydroxyl groups is 1. The first-order valence-electron chi connectivity index (χ1n) is 2.85. The minimum atomic E-state index is -2.65. The van der Waals surface area contributed by atoms with E-state index in [2.05, 4.69) is 36.8 Å². The molecule has 66 valence electrons. The predicted octanol–water partition coefficient (Wildman–Crippen LogP) is 3.25. The van der Waals surface area contributed by atoms with Crippen molar-refractivity contribution in [1.29, 1.82) is 0 Å². The maximum atomic E-state index is 12.1. The quantitative estimate of drug-likeness (QED) is 0.808. The van der Waals surface area contributed by atoms with E-state index in [-0.39, 0.29) is 20.5 Å². The highest BCUT2D eigenvalue weighted by molar-refractivity contribution is 9.11. The number of alkyl halides is 2. The number of aromatic nitrogens is 1. The third-order valence-electron chi connectivity index (χ3n) is 1.17. The molecule has 2 nitrogen and oxygen atoms in total. The van der Waals surface area contributed by atoms with Crippen LogP contribution in [0.15, 0.2) is 15.3 Å². The fraction of sp³-hybridized carbons (Fsp3) is 0.167. The SMILES string of the molecule is Oc1cc(C(F)F)c(Br)nc1Br. The van der Waals surface area contributed by atoms with Crippen molar-refractivity contribution in [3.8, 4) is 5.75 Å². The molecule has 1 aromatic heterocycles. The first-order chi connectivity index (χ1) is 5.52. The molecule has 0 unspecified atom stereocenters. The van der Waals surface area contributed by atoms with Crippen LogP contribution < -0.4 is 0 Å². The molecule has 0 radical (unpaired) electrons. The Morgan fingerprint density at radius 2 is 1.92 bits per heavy atom. The molecule has 0 fully saturated rings. The summed E-state index contributed by atoms with van der Waals surface area (Å²) < 4.78 is 24.5. The van der Waals surface area contributed by atoms with Gasteiger partial charge in [0.1, 0.15) is 15.0 Å². The number of hydrogen-bond donors (Lipinski definition) is 1. The van der Waals surface area contributed by atoms with Crippen molar-refractivity contribution in [1.82, 2.24) is 4.98 Å². The molecule has 6 heteroatoms. The van der Waals surface area contributed by atoms with Crippen LogP contribution in [-0.2, 0) is 0 Å². The molecule has 0 aromatic carbocycles. The van der Waals surface area contributed by atoms with Gasteiger partial charge in [0.15, 0.2) is 0 Å². The average Bonchev–Trinajstić information content (AvgIpc) is 1.96. The Morgan fingerprint density at radius 3 is 2.42 bits per heavy atom. The molecule has 0 saturated carbocycles. The van der Waals surface area contributed by atoms with Crippen molar-refractivity contribution in [2.24, 2.45) is 0 Å². The summed E-state index contributed by atoms with van der Waals surface area (Å²) in [6, 6.07) is 0.964. The lowest BCUT2D eigenvalue weighted by atomic mass is 10.3. The van der Waals surface area contributed by atoms with E-state index in [1.165, 1.54) is 0 Å². The third kappa shape index (κ3) is 1.92. The van der Waals surface area contributed by atoms with Gasteiger partial charge >= 0.3 is 0 Å². The Bertz CT molecular complexity index is 306. The molecule has 0 bridgehead atoms. The van der Waals surface area contributed by atoms with E-state index in [0.717, 1.165) is 6.07 Å². The second-order valence-corrected chi connectivity index (χ2v) is 3.48. The highest BCUT2D eigenvalue weighted by Gasteiger charge is 2.15. The van der Waals surface area contributed by atoms with Gasteiger partial charge in [0, 0.05) is 0 Å². The van der Waals surface area contributed by atoms with Gasteiger partial charge in [0.2, 0.25) is 0 Å². The molecule has 0 aliphatic heterocycles. The number of rotatable bonds is 1. The monoisotopic (exact) mass is 301 g/mol. The Hall–Kier alpha value is -0.230. The maximum Gasteiger partial charge on any atom is 0.266 e. The van der Waals surface area contributed by atoms with Gasteiger partial charge in [0.05, 0.1) is 5.56 Å². The van der Waals surface area contributed by atoms with Crippen LogP contribution in [0, 0.1) is 0 Å². The number of halogens is 4. The first-order valence-corrected chi connectivity index (χ1v) is 4.44. The van der Waals surface area contributed by atoms with Crippen LogP contribution in [0.4, 0.5) is 8.78 Å². The summed E-state index contributed by atoms with van der Waals surface area (Å²) in [4.78, 5) is 3.60. The molecule has 12 heavy (non-hydrogen) atoms. The molecule has 0 aliphatic carbocycles. The molecule has 1 aromatic rings. The summed E-state index contributed by atoms with van der Waals surface area (Å²) in [5, 5.41) is 9.01. The van der Waals surface area contributed by atoms with E-state index in [1.807, 2.05) is 0 Å². The van der Waals surface area contributed by atoms with E-state index in [4.69, 9.17) is 5.11 Å². The molecule has 0 spiro atoms. The average molecular weight is 303 g/mol. The predicted molar refractivity (Wildman–Crippen MR) is 46.3 cm³/mol. The smallest absolute Gasteiger partial charge is 0.266 e. The van der Waals surface area contributed by atoms with Crippen LogP contribution in [0.3, 0.4) is 0 Å². The van der Waals surface area contributed by atoms with Crippen LogP contribution in [0.5, 0.6) is 5.75 Å². The fourth-order valence-electron chi connectivity index (χ4n) is 0.627. The molecule has 1 heterocycles. The Balaban J connectivity index is 3.23. The number of pyridine rings is 1. The zero-order valence-electron chi connectivity index (χ0n) is 5.56. The zero-order valence-corrected chi connectivity index (χ0v) is 8.73. The molecule has 0 atom stereocenters. The van der Waals surface area contributed by atoms with Crippen molar-refractivity contribution >= 4 is 31.9 Å². The summed E-state index contributed by atoms with van der Waals surface area (Å²) in [7, 11) is 0. The van der Waals surface area contributed by atoms with Gasteiger partial charge in [0.25, 0.3) is 6.43 Å². The fourth-order valence-corrected chi connectivity index (χ4v) is 1.62. The lowest BCUT2D eigenvalue weighted by molar-refractivity contribution is 0.149. The summed E-state index contributed by atoms with van der Waals surface area (Å²) in [5.74, 6) is -0.298. The van der Waals surface area contributed by atoms with Crippen LogP contribution in [0.2, 0.25) is 0 Å².